The lowest BCUT2D eigenvalue weighted by Gasteiger charge is -2.31. The molecule has 1 heterocycles. The summed E-state index contributed by atoms with van der Waals surface area (Å²) in [6.45, 7) is 15.1. The Hall–Kier alpha value is -3.81. The number of ether oxygens (including phenoxy) is 2. The van der Waals surface area contributed by atoms with Gasteiger partial charge in [-0.15, -0.1) is 13.2 Å². The predicted molar refractivity (Wildman–Crippen MR) is 158 cm³/mol. The summed E-state index contributed by atoms with van der Waals surface area (Å²) >= 11 is 0. The number of carbonyl (C=O) groups excluding carboxylic acids is 2. The van der Waals surface area contributed by atoms with E-state index in [2.05, 4.69) is 28.8 Å². The van der Waals surface area contributed by atoms with Gasteiger partial charge >= 0.3 is 6.09 Å². The first-order valence-electron chi connectivity index (χ1n) is 14.0. The maximum absolute atomic E-state index is 13.3. The van der Waals surface area contributed by atoms with E-state index in [1.54, 1.807) is 18.2 Å². The van der Waals surface area contributed by atoms with Crippen molar-refractivity contribution < 1.29 is 19.1 Å². The molecule has 8 heteroatoms. The van der Waals surface area contributed by atoms with Gasteiger partial charge in [0.15, 0.2) is 0 Å². The van der Waals surface area contributed by atoms with Crippen molar-refractivity contribution >= 4 is 12.0 Å². The normalized spacial score (nSPS) is 17.0. The second-order valence-corrected chi connectivity index (χ2v) is 11.3. The molecule has 0 bridgehead atoms. The Bertz CT molecular complexity index is 1270. The topological polar surface area (TPSA) is 110 Å². The molecular formula is C32H43N3O5. The highest BCUT2D eigenvalue weighted by atomic mass is 16.6. The number of H-pyrrole nitrogens is 1. The molecule has 3 rings (SSSR count). The number of allylic oxidation sites excluding steroid dienone is 2. The van der Waals surface area contributed by atoms with Crippen molar-refractivity contribution in [1.29, 1.82) is 0 Å². The van der Waals surface area contributed by atoms with Crippen LogP contribution in [0, 0.1) is 6.92 Å². The second kappa shape index (κ2) is 14.0. The van der Waals surface area contributed by atoms with Crippen molar-refractivity contribution in [2.75, 3.05) is 0 Å². The van der Waals surface area contributed by atoms with Gasteiger partial charge in [0.05, 0.1) is 6.10 Å². The van der Waals surface area contributed by atoms with E-state index in [0.29, 0.717) is 29.7 Å². The molecule has 1 aliphatic rings. The molecule has 1 saturated carbocycles. The zero-order valence-corrected chi connectivity index (χ0v) is 24.2. The highest BCUT2D eigenvalue weighted by Crippen LogP contribution is 2.29. The lowest BCUT2D eigenvalue weighted by Crippen LogP contribution is -2.42. The molecular weight excluding hydrogens is 506 g/mol. The maximum Gasteiger partial charge on any atom is 0.407 e. The smallest absolute Gasteiger partial charge is 0.407 e. The minimum absolute atomic E-state index is 0.0305. The molecule has 0 saturated heterocycles. The fourth-order valence-electron chi connectivity index (χ4n) is 4.95. The van der Waals surface area contributed by atoms with Crippen LogP contribution in [0.1, 0.15) is 85.6 Å². The van der Waals surface area contributed by atoms with Gasteiger partial charge < -0.3 is 25.1 Å². The van der Waals surface area contributed by atoms with E-state index in [4.69, 9.17) is 9.47 Å². The summed E-state index contributed by atoms with van der Waals surface area (Å²) in [4.78, 5) is 40.9. The molecule has 0 aliphatic heterocycles. The molecule has 1 fully saturated rings. The minimum atomic E-state index is -0.535. The van der Waals surface area contributed by atoms with Crippen LogP contribution >= 0.6 is 0 Å². The Kier molecular flexibility index (Phi) is 10.8. The highest BCUT2D eigenvalue weighted by Gasteiger charge is 2.27. The Morgan fingerprint density at radius 1 is 1.10 bits per heavy atom. The van der Waals surface area contributed by atoms with Crippen LogP contribution in [0.3, 0.4) is 0 Å². The number of carbonyl (C=O) groups is 2. The van der Waals surface area contributed by atoms with Gasteiger partial charge in [-0.05, 0) is 96.4 Å². The van der Waals surface area contributed by atoms with Gasteiger partial charge in [-0.1, -0.05) is 18.2 Å². The Balaban J connectivity index is 1.67. The van der Waals surface area contributed by atoms with Crippen LogP contribution in [0.4, 0.5) is 4.79 Å². The van der Waals surface area contributed by atoms with E-state index < -0.39 is 11.7 Å². The molecule has 1 aromatic heterocycles. The summed E-state index contributed by atoms with van der Waals surface area (Å²) in [6.07, 6.45) is 8.12. The van der Waals surface area contributed by atoms with Crippen molar-refractivity contribution in [3.8, 4) is 5.75 Å². The summed E-state index contributed by atoms with van der Waals surface area (Å²) in [5, 5.41) is 5.89. The number of hydrogen-bond acceptors (Lipinski definition) is 5. The Morgan fingerprint density at radius 2 is 1.82 bits per heavy atom. The van der Waals surface area contributed by atoms with E-state index in [-0.39, 0.29) is 30.2 Å². The van der Waals surface area contributed by atoms with Crippen molar-refractivity contribution in [3.63, 3.8) is 0 Å². The molecule has 1 aliphatic carbocycles. The molecule has 3 N–H and O–H groups in total. The van der Waals surface area contributed by atoms with Crippen LogP contribution < -0.4 is 20.9 Å². The summed E-state index contributed by atoms with van der Waals surface area (Å²) in [5.41, 5.74) is 2.76. The number of pyridine rings is 1. The highest BCUT2D eigenvalue weighted by molar-refractivity contribution is 5.96. The lowest BCUT2D eigenvalue weighted by atomic mass is 9.93. The van der Waals surface area contributed by atoms with Gasteiger partial charge in [0, 0.05) is 35.0 Å². The van der Waals surface area contributed by atoms with Crippen molar-refractivity contribution in [3.05, 3.63) is 87.9 Å². The number of benzene rings is 1. The monoisotopic (exact) mass is 549 g/mol. The quantitative estimate of drug-likeness (QED) is 0.313. The van der Waals surface area contributed by atoms with E-state index in [1.807, 2.05) is 45.9 Å². The van der Waals surface area contributed by atoms with Gasteiger partial charge in [0.1, 0.15) is 11.4 Å². The van der Waals surface area contributed by atoms with E-state index in [0.717, 1.165) is 48.9 Å². The summed E-state index contributed by atoms with van der Waals surface area (Å²) in [5.74, 6) is 0.373. The average Bonchev–Trinajstić information content (AvgIpc) is 2.87. The van der Waals surface area contributed by atoms with Gasteiger partial charge in [-0.3, -0.25) is 9.59 Å². The summed E-state index contributed by atoms with van der Waals surface area (Å²) in [6, 6.07) is 7.43. The van der Waals surface area contributed by atoms with Crippen LogP contribution in [-0.4, -0.2) is 34.7 Å². The first-order chi connectivity index (χ1) is 19.0. The molecule has 8 nitrogen and oxygen atoms in total. The Labute approximate surface area is 237 Å². The fourth-order valence-corrected chi connectivity index (χ4v) is 4.95. The largest absolute Gasteiger partial charge is 0.490 e. The van der Waals surface area contributed by atoms with Crippen molar-refractivity contribution in [2.24, 2.45) is 0 Å². The molecule has 2 aromatic rings. The second-order valence-electron chi connectivity index (χ2n) is 11.3. The first kappa shape index (κ1) is 30.7. The Morgan fingerprint density at radius 3 is 2.48 bits per heavy atom. The van der Waals surface area contributed by atoms with Crippen LogP contribution in [-0.2, 0) is 24.1 Å². The number of alkyl carbamates (subject to hydrolysis) is 1. The minimum Gasteiger partial charge on any atom is -0.490 e. The molecule has 0 atom stereocenters. The molecule has 40 heavy (non-hydrogen) atoms. The third-order valence-corrected chi connectivity index (χ3v) is 6.82. The number of hydrogen-bond donors (Lipinski definition) is 3. The fraction of sp³-hybridized carbons (Fsp3) is 0.469. The zero-order valence-electron chi connectivity index (χ0n) is 24.2. The van der Waals surface area contributed by atoms with Gasteiger partial charge in [-0.25, -0.2) is 4.79 Å². The van der Waals surface area contributed by atoms with Gasteiger partial charge in [-0.2, -0.15) is 0 Å². The standard InChI is InChI=1S/C32H43N3O5/c1-7-9-12-22-19-21(3)34-30(37)27(22)20-33-29(36)26-13-10-14-28(25(26)11-8-2)39-24-17-15-23(16-18-24)35-31(38)40-32(4,5)6/h7-8,10,13-14,19,23-24H,1-2,9,11-12,15-18,20H2,3-6H3,(H,33,36)(H,34,37)(H,35,38). The molecule has 0 spiro atoms. The van der Waals surface area contributed by atoms with Crippen LogP contribution in [0.5, 0.6) is 5.75 Å². The predicted octanol–water partition coefficient (Wildman–Crippen LogP) is 5.68. The SMILES string of the molecule is C=CCCc1cc(C)[nH]c(=O)c1CNC(=O)c1cccc(OC2CCC(NC(=O)OC(C)(C)C)CC2)c1CC=C. The van der Waals surface area contributed by atoms with E-state index in [1.165, 1.54) is 0 Å². The van der Waals surface area contributed by atoms with Crippen LogP contribution in [0.25, 0.3) is 0 Å². The lowest BCUT2D eigenvalue weighted by molar-refractivity contribution is 0.0470. The third-order valence-electron chi connectivity index (χ3n) is 6.82. The summed E-state index contributed by atoms with van der Waals surface area (Å²) in [7, 11) is 0. The van der Waals surface area contributed by atoms with E-state index in [9.17, 15) is 14.4 Å². The summed E-state index contributed by atoms with van der Waals surface area (Å²) < 4.78 is 11.8. The van der Waals surface area contributed by atoms with Crippen LogP contribution in [0.15, 0.2) is 54.4 Å². The van der Waals surface area contributed by atoms with Gasteiger partial charge in [0.2, 0.25) is 0 Å². The zero-order chi connectivity index (χ0) is 29.3. The number of aromatic amines is 1. The third kappa shape index (κ3) is 8.86. The molecule has 0 radical (unpaired) electrons. The molecule has 0 unspecified atom stereocenters. The van der Waals surface area contributed by atoms with Crippen LogP contribution in [0.2, 0.25) is 0 Å². The van der Waals surface area contributed by atoms with E-state index >= 15 is 0 Å². The molecule has 1 aromatic carbocycles. The average molecular weight is 550 g/mol. The van der Waals surface area contributed by atoms with Crippen molar-refractivity contribution in [1.82, 2.24) is 15.6 Å². The first-order valence-corrected chi connectivity index (χ1v) is 14.0. The van der Waals surface area contributed by atoms with Crippen molar-refractivity contribution in [2.45, 2.75) is 96.9 Å². The number of nitrogens with one attached hydrogen (secondary N) is 3. The molecule has 2 amide bonds. The number of aromatic nitrogens is 1. The number of rotatable bonds is 11. The maximum atomic E-state index is 13.3. The molecule has 216 valence electrons. The van der Waals surface area contributed by atoms with Gasteiger partial charge in [0.25, 0.3) is 11.5 Å². The number of amides is 2. The number of aryl methyl sites for hydroxylation is 2.